The van der Waals surface area contributed by atoms with E-state index in [2.05, 4.69) is 52.5 Å². The van der Waals surface area contributed by atoms with E-state index < -0.39 is 0 Å². The Morgan fingerprint density at radius 1 is 0.793 bits per heavy atom. The maximum absolute atomic E-state index is 6.39. The molecule has 0 saturated heterocycles. The summed E-state index contributed by atoms with van der Waals surface area (Å²) in [6.07, 6.45) is 3.16. The number of benzene rings is 3. The molecule has 0 amide bonds. The molecule has 2 nitrogen and oxygen atoms in total. The summed E-state index contributed by atoms with van der Waals surface area (Å²) in [5, 5.41) is 6.96. The standard InChI is InChI=1S/C24H21Cl3N2/c25-19-10-8-17(9-11-19)12-13-28-14-18-15-29(24-7-2-1-4-20(18)24)16-21-22(26)5-3-6-23(21)27/h1-11,15,28H,12-14,16H2. The fourth-order valence-corrected chi connectivity index (χ4v) is 4.20. The van der Waals surface area contributed by atoms with Crippen LogP contribution in [0, 0.1) is 0 Å². The van der Waals surface area contributed by atoms with Crippen LogP contribution in [-0.4, -0.2) is 11.1 Å². The smallest absolute Gasteiger partial charge is 0.0505 e. The normalized spacial score (nSPS) is 11.3. The van der Waals surface area contributed by atoms with Crippen LogP contribution in [0.5, 0.6) is 0 Å². The number of para-hydroxylation sites is 1. The molecular weight excluding hydrogens is 423 g/mol. The van der Waals surface area contributed by atoms with Crippen LogP contribution in [0.3, 0.4) is 0 Å². The van der Waals surface area contributed by atoms with Crippen molar-refractivity contribution in [2.45, 2.75) is 19.5 Å². The third kappa shape index (κ3) is 4.79. The number of nitrogens with one attached hydrogen (secondary N) is 1. The molecule has 1 N–H and O–H groups in total. The molecule has 0 aliphatic carbocycles. The van der Waals surface area contributed by atoms with Crippen molar-refractivity contribution in [1.29, 1.82) is 0 Å². The summed E-state index contributed by atoms with van der Waals surface area (Å²) in [6, 6.07) is 22.1. The van der Waals surface area contributed by atoms with Crippen molar-refractivity contribution in [3.05, 3.63) is 105 Å². The average molecular weight is 444 g/mol. The SMILES string of the molecule is Clc1ccc(CCNCc2cn(Cc3c(Cl)cccc3Cl)c3ccccc23)cc1. The van der Waals surface area contributed by atoms with E-state index in [1.165, 1.54) is 22.0 Å². The van der Waals surface area contributed by atoms with Crippen molar-refractivity contribution in [3.63, 3.8) is 0 Å². The molecule has 0 unspecified atom stereocenters. The van der Waals surface area contributed by atoms with Crippen LogP contribution in [0.1, 0.15) is 16.7 Å². The summed E-state index contributed by atoms with van der Waals surface area (Å²) in [4.78, 5) is 0. The number of hydrogen-bond acceptors (Lipinski definition) is 1. The van der Waals surface area contributed by atoms with Crippen LogP contribution in [0.15, 0.2) is 72.9 Å². The van der Waals surface area contributed by atoms with E-state index in [4.69, 9.17) is 34.8 Å². The minimum atomic E-state index is 0.643. The topological polar surface area (TPSA) is 17.0 Å². The van der Waals surface area contributed by atoms with Gasteiger partial charge in [0.2, 0.25) is 0 Å². The Labute approximate surface area is 186 Å². The van der Waals surface area contributed by atoms with Gasteiger partial charge in [-0.1, -0.05) is 71.2 Å². The maximum Gasteiger partial charge on any atom is 0.0505 e. The van der Waals surface area contributed by atoms with Gasteiger partial charge < -0.3 is 9.88 Å². The van der Waals surface area contributed by atoms with Gasteiger partial charge in [-0.25, -0.2) is 0 Å². The summed E-state index contributed by atoms with van der Waals surface area (Å²) in [6.45, 7) is 2.35. The monoisotopic (exact) mass is 442 g/mol. The van der Waals surface area contributed by atoms with Gasteiger partial charge >= 0.3 is 0 Å². The quantitative estimate of drug-likeness (QED) is 0.305. The Bertz CT molecular complexity index is 1100. The molecule has 4 aromatic rings. The van der Waals surface area contributed by atoms with Gasteiger partial charge in [-0.3, -0.25) is 0 Å². The Hall–Kier alpha value is -1.97. The van der Waals surface area contributed by atoms with Crippen LogP contribution in [0.4, 0.5) is 0 Å². The van der Waals surface area contributed by atoms with E-state index >= 15 is 0 Å². The summed E-state index contributed by atoms with van der Waals surface area (Å²) in [5.41, 5.74) is 4.66. The Balaban J connectivity index is 1.49. The summed E-state index contributed by atoms with van der Waals surface area (Å²) < 4.78 is 2.22. The van der Waals surface area contributed by atoms with Crippen LogP contribution in [0.25, 0.3) is 10.9 Å². The highest BCUT2D eigenvalue weighted by Gasteiger charge is 2.11. The van der Waals surface area contributed by atoms with Crippen molar-refractivity contribution in [2.75, 3.05) is 6.54 Å². The zero-order valence-corrected chi connectivity index (χ0v) is 18.1. The first-order valence-corrected chi connectivity index (χ1v) is 10.7. The van der Waals surface area contributed by atoms with E-state index in [9.17, 15) is 0 Å². The van der Waals surface area contributed by atoms with Gasteiger partial charge in [0.25, 0.3) is 0 Å². The molecule has 29 heavy (non-hydrogen) atoms. The van der Waals surface area contributed by atoms with Crippen molar-refractivity contribution in [3.8, 4) is 0 Å². The Morgan fingerprint density at radius 2 is 1.52 bits per heavy atom. The molecule has 0 spiro atoms. The van der Waals surface area contributed by atoms with Crippen LogP contribution >= 0.6 is 34.8 Å². The highest BCUT2D eigenvalue weighted by molar-refractivity contribution is 6.36. The van der Waals surface area contributed by atoms with E-state index in [0.717, 1.165) is 30.1 Å². The zero-order chi connectivity index (χ0) is 20.2. The van der Waals surface area contributed by atoms with E-state index in [1.54, 1.807) is 0 Å². The molecule has 1 aromatic heterocycles. The third-order valence-electron chi connectivity index (χ3n) is 5.08. The fraction of sp³-hybridized carbons (Fsp3) is 0.167. The molecule has 0 radical (unpaired) electrons. The maximum atomic E-state index is 6.39. The predicted octanol–water partition coefficient (Wildman–Crippen LogP) is 6.98. The first-order valence-electron chi connectivity index (χ1n) is 9.56. The van der Waals surface area contributed by atoms with E-state index in [1.807, 2.05) is 30.3 Å². The van der Waals surface area contributed by atoms with Crippen molar-refractivity contribution in [2.24, 2.45) is 0 Å². The van der Waals surface area contributed by atoms with Crippen molar-refractivity contribution in [1.82, 2.24) is 9.88 Å². The number of halogens is 3. The molecule has 0 aliphatic rings. The van der Waals surface area contributed by atoms with Crippen LogP contribution < -0.4 is 5.32 Å². The van der Waals surface area contributed by atoms with E-state index in [0.29, 0.717) is 16.6 Å². The van der Waals surface area contributed by atoms with Gasteiger partial charge in [0.05, 0.1) is 6.54 Å². The number of rotatable bonds is 7. The number of fused-ring (bicyclic) bond motifs is 1. The molecular formula is C24H21Cl3N2. The molecule has 0 aliphatic heterocycles. The van der Waals surface area contributed by atoms with Gasteiger partial charge in [0.1, 0.15) is 0 Å². The lowest BCUT2D eigenvalue weighted by atomic mass is 10.1. The minimum Gasteiger partial charge on any atom is -0.343 e. The molecule has 1 heterocycles. The largest absolute Gasteiger partial charge is 0.343 e. The lowest BCUT2D eigenvalue weighted by Gasteiger charge is -2.09. The van der Waals surface area contributed by atoms with Gasteiger partial charge in [0.15, 0.2) is 0 Å². The lowest BCUT2D eigenvalue weighted by Crippen LogP contribution is -2.16. The Kier molecular flexibility index (Phi) is 6.46. The minimum absolute atomic E-state index is 0.643. The average Bonchev–Trinajstić information content (AvgIpc) is 3.07. The Morgan fingerprint density at radius 3 is 2.28 bits per heavy atom. The zero-order valence-electron chi connectivity index (χ0n) is 15.8. The summed E-state index contributed by atoms with van der Waals surface area (Å²) in [5.74, 6) is 0. The molecule has 5 heteroatoms. The summed E-state index contributed by atoms with van der Waals surface area (Å²) in [7, 11) is 0. The molecule has 0 atom stereocenters. The number of nitrogens with zero attached hydrogens (tertiary/aromatic N) is 1. The van der Waals surface area contributed by atoms with Gasteiger partial charge in [-0.15, -0.1) is 0 Å². The lowest BCUT2D eigenvalue weighted by molar-refractivity contribution is 0.686. The van der Waals surface area contributed by atoms with Crippen molar-refractivity contribution >= 4 is 45.7 Å². The second kappa shape index (κ2) is 9.23. The van der Waals surface area contributed by atoms with Crippen LogP contribution in [-0.2, 0) is 19.5 Å². The predicted molar refractivity (Wildman–Crippen MR) is 124 cm³/mol. The molecule has 0 saturated carbocycles. The molecule has 148 valence electrons. The number of hydrogen-bond donors (Lipinski definition) is 1. The highest BCUT2D eigenvalue weighted by Crippen LogP contribution is 2.28. The summed E-state index contributed by atoms with van der Waals surface area (Å²) >= 11 is 18.7. The van der Waals surface area contributed by atoms with Gasteiger partial charge in [-0.05, 0) is 54.4 Å². The highest BCUT2D eigenvalue weighted by atomic mass is 35.5. The van der Waals surface area contributed by atoms with Gasteiger partial charge in [-0.2, -0.15) is 0 Å². The van der Waals surface area contributed by atoms with Gasteiger partial charge in [0, 0.05) is 44.3 Å². The molecule has 3 aromatic carbocycles. The molecule has 0 fully saturated rings. The number of aromatic nitrogens is 1. The van der Waals surface area contributed by atoms with E-state index in [-0.39, 0.29) is 0 Å². The van der Waals surface area contributed by atoms with Crippen molar-refractivity contribution < 1.29 is 0 Å². The second-order valence-corrected chi connectivity index (χ2v) is 8.30. The third-order valence-corrected chi connectivity index (χ3v) is 6.04. The van der Waals surface area contributed by atoms with Crippen LogP contribution in [0.2, 0.25) is 15.1 Å². The molecule has 4 rings (SSSR count). The second-order valence-electron chi connectivity index (χ2n) is 7.05. The first kappa shape index (κ1) is 20.3. The first-order chi connectivity index (χ1) is 14.1. The molecule has 0 bridgehead atoms. The fourth-order valence-electron chi connectivity index (χ4n) is 3.56.